The molecule has 118 valence electrons. The quantitative estimate of drug-likeness (QED) is 0.813. The molecule has 2 aliphatic heterocycles. The van der Waals surface area contributed by atoms with Gasteiger partial charge < -0.3 is 10.4 Å². The Balaban J connectivity index is 1.74. The standard InChI is InChI=1S/C16H21N3O3/c1-16(12-5-3-2-4-6-12)14(21)19(15(22)17-16)11-18-9-7-13(20)8-10-18/h2-6,13,20H,7-11H2,1H3,(H,17,22)/t16-/m0/s1. The number of aliphatic hydroxyl groups is 1. The van der Waals surface area contributed by atoms with Crippen LogP contribution in [-0.4, -0.2) is 52.7 Å². The number of carbonyl (C=O) groups excluding carboxylic acids is 2. The van der Waals surface area contributed by atoms with Gasteiger partial charge in [-0.1, -0.05) is 30.3 Å². The summed E-state index contributed by atoms with van der Waals surface area (Å²) < 4.78 is 0. The summed E-state index contributed by atoms with van der Waals surface area (Å²) in [7, 11) is 0. The molecule has 0 aromatic heterocycles. The average Bonchev–Trinajstić information content (AvgIpc) is 2.75. The normalized spacial score (nSPS) is 27.3. The number of likely N-dealkylation sites (tertiary alicyclic amines) is 1. The van der Waals surface area contributed by atoms with Crippen LogP contribution in [0.1, 0.15) is 25.3 Å². The van der Waals surface area contributed by atoms with Crippen molar-refractivity contribution in [2.45, 2.75) is 31.4 Å². The van der Waals surface area contributed by atoms with Crippen molar-refractivity contribution >= 4 is 11.9 Å². The van der Waals surface area contributed by atoms with Crippen molar-refractivity contribution in [3.05, 3.63) is 35.9 Å². The zero-order chi connectivity index (χ0) is 15.7. The smallest absolute Gasteiger partial charge is 0.326 e. The van der Waals surface area contributed by atoms with Crippen LogP contribution in [0.4, 0.5) is 4.79 Å². The largest absolute Gasteiger partial charge is 0.393 e. The molecule has 0 aliphatic carbocycles. The lowest BCUT2D eigenvalue weighted by Gasteiger charge is -2.32. The van der Waals surface area contributed by atoms with Gasteiger partial charge in [-0.15, -0.1) is 0 Å². The van der Waals surface area contributed by atoms with Crippen molar-refractivity contribution in [3.63, 3.8) is 0 Å². The van der Waals surface area contributed by atoms with Crippen LogP contribution in [0.25, 0.3) is 0 Å². The number of amides is 3. The third-order valence-corrected chi connectivity index (χ3v) is 4.52. The van der Waals surface area contributed by atoms with Crippen LogP contribution in [0.5, 0.6) is 0 Å². The van der Waals surface area contributed by atoms with Gasteiger partial charge in [0.05, 0.1) is 12.8 Å². The summed E-state index contributed by atoms with van der Waals surface area (Å²) in [4.78, 5) is 28.3. The van der Waals surface area contributed by atoms with Gasteiger partial charge in [0.15, 0.2) is 0 Å². The SMILES string of the molecule is C[C@@]1(c2ccccc2)NC(=O)N(CN2CCC(O)CC2)C1=O. The Labute approximate surface area is 129 Å². The van der Waals surface area contributed by atoms with Gasteiger partial charge in [-0.25, -0.2) is 9.69 Å². The van der Waals surface area contributed by atoms with Crippen molar-refractivity contribution in [1.82, 2.24) is 15.1 Å². The second-order valence-corrected chi connectivity index (χ2v) is 6.14. The molecule has 1 aromatic carbocycles. The fourth-order valence-electron chi connectivity index (χ4n) is 3.05. The van der Waals surface area contributed by atoms with E-state index in [-0.39, 0.29) is 24.7 Å². The van der Waals surface area contributed by atoms with Crippen LogP contribution in [0.3, 0.4) is 0 Å². The highest BCUT2D eigenvalue weighted by atomic mass is 16.3. The fraction of sp³-hybridized carbons (Fsp3) is 0.500. The van der Waals surface area contributed by atoms with Gasteiger partial charge in [-0.05, 0) is 25.3 Å². The van der Waals surface area contributed by atoms with E-state index in [1.165, 1.54) is 4.90 Å². The lowest BCUT2D eigenvalue weighted by Crippen LogP contribution is -2.46. The number of urea groups is 1. The number of carbonyl (C=O) groups is 2. The maximum atomic E-state index is 12.7. The highest BCUT2D eigenvalue weighted by molar-refractivity contribution is 6.07. The molecule has 0 spiro atoms. The Kier molecular flexibility index (Phi) is 3.88. The molecule has 2 fully saturated rings. The molecule has 2 N–H and O–H groups in total. The van der Waals surface area contributed by atoms with Crippen LogP contribution in [0.2, 0.25) is 0 Å². The first kappa shape index (κ1) is 15.0. The van der Waals surface area contributed by atoms with Gasteiger partial charge in [-0.2, -0.15) is 0 Å². The van der Waals surface area contributed by atoms with Gasteiger partial charge in [0.25, 0.3) is 5.91 Å². The fourth-order valence-corrected chi connectivity index (χ4v) is 3.05. The summed E-state index contributed by atoms with van der Waals surface area (Å²) >= 11 is 0. The molecule has 0 bridgehead atoms. The van der Waals surface area contributed by atoms with E-state index in [9.17, 15) is 14.7 Å². The summed E-state index contributed by atoms with van der Waals surface area (Å²) in [5.74, 6) is -0.227. The number of hydrogen-bond donors (Lipinski definition) is 2. The van der Waals surface area contributed by atoms with Crippen molar-refractivity contribution in [1.29, 1.82) is 0 Å². The van der Waals surface area contributed by atoms with Crippen molar-refractivity contribution in [3.8, 4) is 0 Å². The second-order valence-electron chi connectivity index (χ2n) is 6.14. The van der Waals surface area contributed by atoms with E-state index in [0.29, 0.717) is 25.9 Å². The third kappa shape index (κ3) is 2.60. The molecule has 1 aromatic rings. The molecular formula is C16H21N3O3. The molecule has 22 heavy (non-hydrogen) atoms. The van der Waals surface area contributed by atoms with E-state index in [2.05, 4.69) is 5.32 Å². The number of piperidine rings is 1. The molecule has 3 amide bonds. The van der Waals surface area contributed by atoms with Gasteiger partial charge in [-0.3, -0.25) is 9.69 Å². The molecule has 2 saturated heterocycles. The van der Waals surface area contributed by atoms with Crippen molar-refractivity contribution < 1.29 is 14.7 Å². The Morgan fingerprint density at radius 3 is 2.50 bits per heavy atom. The molecule has 0 unspecified atom stereocenters. The van der Waals surface area contributed by atoms with E-state index < -0.39 is 5.54 Å². The van der Waals surface area contributed by atoms with Gasteiger partial charge in [0.1, 0.15) is 5.54 Å². The van der Waals surface area contributed by atoms with Crippen LogP contribution < -0.4 is 5.32 Å². The topological polar surface area (TPSA) is 72.9 Å². The zero-order valence-electron chi connectivity index (χ0n) is 12.7. The predicted octanol–water partition coefficient (Wildman–Crippen LogP) is 0.868. The summed E-state index contributed by atoms with van der Waals surface area (Å²) in [5, 5.41) is 12.3. The summed E-state index contributed by atoms with van der Waals surface area (Å²) in [5.41, 5.74) is -0.224. The number of benzene rings is 1. The summed E-state index contributed by atoms with van der Waals surface area (Å²) in [6.07, 6.45) is 1.09. The number of rotatable bonds is 3. The molecule has 6 nitrogen and oxygen atoms in total. The van der Waals surface area contributed by atoms with Crippen LogP contribution >= 0.6 is 0 Å². The maximum Gasteiger partial charge on any atom is 0.326 e. The van der Waals surface area contributed by atoms with Crippen LogP contribution in [0.15, 0.2) is 30.3 Å². The molecule has 0 saturated carbocycles. The molecule has 1 atom stereocenters. The highest BCUT2D eigenvalue weighted by Crippen LogP contribution is 2.29. The first-order valence-corrected chi connectivity index (χ1v) is 7.61. The van der Waals surface area contributed by atoms with E-state index in [1.807, 2.05) is 35.2 Å². The minimum absolute atomic E-state index is 0.227. The Morgan fingerprint density at radius 2 is 1.86 bits per heavy atom. The Hall–Kier alpha value is -1.92. The van der Waals surface area contributed by atoms with Crippen molar-refractivity contribution in [2.24, 2.45) is 0 Å². The Bertz CT molecular complexity index is 569. The van der Waals surface area contributed by atoms with Gasteiger partial charge in [0, 0.05) is 13.1 Å². The molecule has 2 heterocycles. The first-order valence-electron chi connectivity index (χ1n) is 7.61. The van der Waals surface area contributed by atoms with Crippen LogP contribution in [-0.2, 0) is 10.3 Å². The third-order valence-electron chi connectivity index (χ3n) is 4.52. The lowest BCUT2D eigenvalue weighted by atomic mass is 9.92. The van der Waals surface area contributed by atoms with Gasteiger partial charge in [0.2, 0.25) is 0 Å². The molecule has 6 heteroatoms. The second kappa shape index (κ2) is 5.70. The maximum absolute atomic E-state index is 12.7. The zero-order valence-corrected chi connectivity index (χ0v) is 12.7. The van der Waals surface area contributed by atoms with E-state index in [4.69, 9.17) is 0 Å². The molecule has 0 radical (unpaired) electrons. The lowest BCUT2D eigenvalue weighted by molar-refractivity contribution is -0.132. The number of aliphatic hydroxyl groups excluding tert-OH is 1. The first-order chi connectivity index (χ1) is 10.5. The molecular weight excluding hydrogens is 282 g/mol. The van der Waals surface area contributed by atoms with Crippen LogP contribution in [0, 0.1) is 0 Å². The summed E-state index contributed by atoms with van der Waals surface area (Å²) in [6.45, 7) is 3.41. The highest BCUT2D eigenvalue weighted by Gasteiger charge is 2.49. The van der Waals surface area contributed by atoms with E-state index in [0.717, 1.165) is 5.56 Å². The summed E-state index contributed by atoms with van der Waals surface area (Å²) in [6, 6.07) is 8.93. The number of hydrogen-bond acceptors (Lipinski definition) is 4. The number of nitrogens with one attached hydrogen (secondary N) is 1. The Morgan fingerprint density at radius 1 is 1.23 bits per heavy atom. The predicted molar refractivity (Wildman–Crippen MR) is 80.9 cm³/mol. The average molecular weight is 303 g/mol. The van der Waals surface area contributed by atoms with Crippen molar-refractivity contribution in [2.75, 3.05) is 19.8 Å². The van der Waals surface area contributed by atoms with Gasteiger partial charge >= 0.3 is 6.03 Å². The molecule has 3 rings (SSSR count). The minimum atomic E-state index is -1.01. The monoisotopic (exact) mass is 303 g/mol. The minimum Gasteiger partial charge on any atom is -0.393 e. The van der Waals surface area contributed by atoms with E-state index >= 15 is 0 Å². The number of imide groups is 1. The molecule has 2 aliphatic rings. The van der Waals surface area contributed by atoms with E-state index in [1.54, 1.807) is 6.92 Å². The number of nitrogens with zero attached hydrogens (tertiary/aromatic N) is 2.